The van der Waals surface area contributed by atoms with E-state index in [-0.39, 0.29) is 22.2 Å². The van der Waals surface area contributed by atoms with Crippen LogP contribution in [0, 0.1) is 11.2 Å². The van der Waals surface area contributed by atoms with Crippen LogP contribution in [0.25, 0.3) is 43.8 Å². The Bertz CT molecular complexity index is 2210. The topological polar surface area (TPSA) is 3.24 Å². The lowest BCUT2D eigenvalue weighted by atomic mass is 9.57. The highest BCUT2D eigenvalue weighted by atomic mass is 19.1. The standard InChI is InChI=1S/C44H40FN/c1-42(2)38-21-20-35-34-10-6-5-9-28(34)11-18-36(35)41(38)37-19-12-30(26-39(37)42)29-13-22-40-31(25-29)27-43(3)23-7-8-24-44(43,4)46(40)33-16-14-32(45)15-17-33/h5-6,9-22,25-26H,7-8,23-24,27H2,1-4H3. The Kier molecular flexibility index (Phi) is 5.78. The van der Waals surface area contributed by atoms with Crippen LogP contribution < -0.4 is 4.90 Å². The van der Waals surface area contributed by atoms with Gasteiger partial charge in [0.2, 0.25) is 0 Å². The second-order valence-corrected chi connectivity index (χ2v) is 15.1. The molecule has 1 saturated carbocycles. The summed E-state index contributed by atoms with van der Waals surface area (Å²) in [6, 6.07) is 39.4. The Balaban J connectivity index is 1.18. The van der Waals surface area contributed by atoms with E-state index in [4.69, 9.17) is 0 Å². The van der Waals surface area contributed by atoms with Crippen LogP contribution in [-0.2, 0) is 11.8 Å². The first-order valence-electron chi connectivity index (χ1n) is 17.0. The van der Waals surface area contributed by atoms with Crippen molar-refractivity contribution in [2.45, 2.75) is 70.8 Å². The minimum atomic E-state index is -0.184. The van der Waals surface area contributed by atoms with Crippen molar-refractivity contribution in [3.8, 4) is 22.3 Å². The summed E-state index contributed by atoms with van der Waals surface area (Å²) < 4.78 is 14.1. The van der Waals surface area contributed by atoms with E-state index in [1.54, 1.807) is 12.1 Å². The molecule has 2 atom stereocenters. The average molecular weight is 602 g/mol. The Hall–Kier alpha value is -4.43. The minimum Gasteiger partial charge on any atom is -0.335 e. The van der Waals surface area contributed by atoms with Crippen LogP contribution in [0.1, 0.15) is 70.1 Å². The Morgan fingerprint density at radius 2 is 1.37 bits per heavy atom. The molecule has 2 heteroatoms. The van der Waals surface area contributed by atoms with E-state index < -0.39 is 0 Å². The molecule has 2 aliphatic carbocycles. The molecule has 3 aliphatic rings. The summed E-state index contributed by atoms with van der Waals surface area (Å²) in [4.78, 5) is 2.55. The summed E-state index contributed by atoms with van der Waals surface area (Å²) in [5.41, 5.74) is 11.9. The molecule has 1 aliphatic heterocycles. The van der Waals surface area contributed by atoms with E-state index >= 15 is 0 Å². The van der Waals surface area contributed by atoms with Gasteiger partial charge in [-0.15, -0.1) is 0 Å². The molecule has 0 saturated heterocycles. The second kappa shape index (κ2) is 9.55. The molecule has 0 spiro atoms. The molecule has 0 bridgehead atoms. The van der Waals surface area contributed by atoms with E-state index in [9.17, 15) is 4.39 Å². The van der Waals surface area contributed by atoms with Gasteiger partial charge in [0, 0.05) is 22.3 Å². The first-order valence-corrected chi connectivity index (χ1v) is 17.0. The molecule has 0 radical (unpaired) electrons. The zero-order valence-electron chi connectivity index (χ0n) is 27.3. The fourth-order valence-corrected chi connectivity index (χ4v) is 9.54. The zero-order valence-corrected chi connectivity index (χ0v) is 27.3. The maximum absolute atomic E-state index is 14.1. The highest BCUT2D eigenvalue weighted by molar-refractivity contribution is 6.14. The fourth-order valence-electron chi connectivity index (χ4n) is 9.54. The predicted molar refractivity (Wildman–Crippen MR) is 192 cm³/mol. The van der Waals surface area contributed by atoms with Crippen LogP contribution in [-0.4, -0.2) is 5.54 Å². The number of fused-ring (bicyclic) bond motifs is 9. The first kappa shape index (κ1) is 27.8. The normalized spacial score (nSPS) is 22.8. The van der Waals surface area contributed by atoms with Crippen molar-refractivity contribution in [3.05, 3.63) is 132 Å². The van der Waals surface area contributed by atoms with Gasteiger partial charge in [0.15, 0.2) is 0 Å². The second-order valence-electron chi connectivity index (χ2n) is 15.1. The van der Waals surface area contributed by atoms with E-state index in [1.807, 2.05) is 12.1 Å². The summed E-state index contributed by atoms with van der Waals surface area (Å²) in [6.07, 6.45) is 5.91. The van der Waals surface area contributed by atoms with Crippen molar-refractivity contribution in [2.75, 3.05) is 4.90 Å². The molecule has 9 rings (SSSR count). The number of anilines is 2. The number of hydrogen-bond donors (Lipinski definition) is 0. The molecule has 1 fully saturated rings. The van der Waals surface area contributed by atoms with Gasteiger partial charge in [-0.25, -0.2) is 4.39 Å². The van der Waals surface area contributed by atoms with Crippen molar-refractivity contribution in [3.63, 3.8) is 0 Å². The van der Waals surface area contributed by atoms with Gasteiger partial charge < -0.3 is 4.90 Å². The number of hydrogen-bond acceptors (Lipinski definition) is 1. The lowest BCUT2D eigenvalue weighted by molar-refractivity contribution is 0.0863. The summed E-state index contributed by atoms with van der Waals surface area (Å²) in [5, 5.41) is 5.27. The Morgan fingerprint density at radius 3 is 2.22 bits per heavy atom. The number of halogens is 1. The molecule has 228 valence electrons. The molecule has 1 nitrogen and oxygen atoms in total. The lowest BCUT2D eigenvalue weighted by Crippen LogP contribution is -2.60. The average Bonchev–Trinajstić information content (AvgIpc) is 3.29. The van der Waals surface area contributed by atoms with Crippen molar-refractivity contribution < 1.29 is 4.39 Å². The maximum Gasteiger partial charge on any atom is 0.123 e. The third kappa shape index (κ3) is 3.73. The number of rotatable bonds is 2. The maximum atomic E-state index is 14.1. The van der Waals surface area contributed by atoms with E-state index in [2.05, 4.69) is 118 Å². The van der Waals surface area contributed by atoms with Crippen LogP contribution in [0.3, 0.4) is 0 Å². The van der Waals surface area contributed by atoms with Gasteiger partial charge in [0.25, 0.3) is 0 Å². The molecule has 0 amide bonds. The fraction of sp³-hybridized carbons (Fsp3) is 0.273. The van der Waals surface area contributed by atoms with Crippen LogP contribution in [0.4, 0.5) is 15.8 Å². The zero-order chi connectivity index (χ0) is 31.4. The number of benzene rings is 6. The van der Waals surface area contributed by atoms with Gasteiger partial charge >= 0.3 is 0 Å². The quantitative estimate of drug-likeness (QED) is 0.178. The molecular weight excluding hydrogens is 561 g/mol. The molecule has 0 aromatic heterocycles. The third-order valence-electron chi connectivity index (χ3n) is 12.3. The van der Waals surface area contributed by atoms with Crippen LogP contribution in [0.2, 0.25) is 0 Å². The number of nitrogens with zero attached hydrogens (tertiary/aromatic N) is 1. The van der Waals surface area contributed by atoms with Crippen LogP contribution in [0.5, 0.6) is 0 Å². The Morgan fingerprint density at radius 1 is 0.630 bits per heavy atom. The van der Waals surface area contributed by atoms with Crippen LogP contribution >= 0.6 is 0 Å². The molecular formula is C44H40FN. The summed E-state index contributed by atoms with van der Waals surface area (Å²) in [7, 11) is 0. The SMILES string of the molecule is CC1(C)c2cc(-c3ccc4c(c3)CC3(C)CCCCC3(C)N4c3ccc(F)cc3)ccc2-c2c1ccc1c2ccc2ccccc21. The van der Waals surface area contributed by atoms with Gasteiger partial charge in [-0.1, -0.05) is 100 Å². The van der Waals surface area contributed by atoms with E-state index in [0.29, 0.717) is 0 Å². The highest BCUT2D eigenvalue weighted by Gasteiger charge is 2.53. The van der Waals surface area contributed by atoms with Crippen molar-refractivity contribution in [1.82, 2.24) is 0 Å². The third-order valence-corrected chi connectivity index (χ3v) is 12.3. The molecule has 0 N–H and O–H groups in total. The first-order chi connectivity index (χ1) is 22.2. The van der Waals surface area contributed by atoms with E-state index in [1.165, 1.54) is 85.4 Å². The monoisotopic (exact) mass is 601 g/mol. The largest absolute Gasteiger partial charge is 0.335 e. The van der Waals surface area contributed by atoms with Crippen LogP contribution in [0.15, 0.2) is 109 Å². The van der Waals surface area contributed by atoms with Gasteiger partial charge in [-0.05, 0) is 135 Å². The van der Waals surface area contributed by atoms with Gasteiger partial charge in [-0.3, -0.25) is 0 Å². The van der Waals surface area contributed by atoms with Gasteiger partial charge in [0.05, 0.1) is 0 Å². The molecule has 6 aromatic rings. The smallest absolute Gasteiger partial charge is 0.123 e. The van der Waals surface area contributed by atoms with Crippen molar-refractivity contribution in [2.24, 2.45) is 5.41 Å². The van der Waals surface area contributed by atoms with Crippen molar-refractivity contribution >= 4 is 32.9 Å². The lowest BCUT2D eigenvalue weighted by Gasteiger charge is -2.60. The summed E-state index contributed by atoms with van der Waals surface area (Å²) in [6.45, 7) is 9.69. The van der Waals surface area contributed by atoms with E-state index in [0.717, 1.165) is 18.5 Å². The molecule has 46 heavy (non-hydrogen) atoms. The minimum absolute atomic E-state index is 0.0188. The molecule has 6 aromatic carbocycles. The molecule has 1 heterocycles. The van der Waals surface area contributed by atoms with Gasteiger partial charge in [0.1, 0.15) is 5.82 Å². The predicted octanol–water partition coefficient (Wildman–Crippen LogP) is 12.1. The van der Waals surface area contributed by atoms with Crippen molar-refractivity contribution in [1.29, 1.82) is 0 Å². The highest BCUT2D eigenvalue weighted by Crippen LogP contribution is 2.58. The summed E-state index contributed by atoms with van der Waals surface area (Å²) in [5.74, 6) is -0.184. The Labute approximate surface area is 271 Å². The van der Waals surface area contributed by atoms with Gasteiger partial charge in [-0.2, -0.15) is 0 Å². The summed E-state index contributed by atoms with van der Waals surface area (Å²) >= 11 is 0. The molecule has 2 unspecified atom stereocenters.